The Labute approximate surface area is 218 Å². The van der Waals surface area contributed by atoms with Gasteiger partial charge in [0.2, 0.25) is 0 Å². The van der Waals surface area contributed by atoms with Gasteiger partial charge in [-0.2, -0.15) is 0 Å². The molecule has 0 radical (unpaired) electrons. The number of aromatic nitrogens is 2. The lowest BCUT2D eigenvalue weighted by atomic mass is 9.97. The average Bonchev–Trinajstić information content (AvgIpc) is 2.83. The van der Waals surface area contributed by atoms with E-state index in [1.165, 1.54) is 4.90 Å². The molecule has 0 bridgehead atoms. The second-order valence-electron chi connectivity index (χ2n) is 9.67. The number of aliphatic carboxylic acids is 1. The number of piperidine rings is 1. The highest BCUT2D eigenvalue weighted by Gasteiger charge is 2.38. The van der Waals surface area contributed by atoms with Crippen LogP contribution in [-0.4, -0.2) is 56.3 Å². The van der Waals surface area contributed by atoms with Crippen LogP contribution in [0.5, 0.6) is 5.75 Å². The third-order valence-electron chi connectivity index (χ3n) is 5.71. The summed E-state index contributed by atoms with van der Waals surface area (Å²) in [4.78, 5) is 35.0. The van der Waals surface area contributed by atoms with Gasteiger partial charge in [0.15, 0.2) is 5.75 Å². The third kappa shape index (κ3) is 6.23. The molecule has 1 aromatic heterocycles. The van der Waals surface area contributed by atoms with Gasteiger partial charge >= 0.3 is 12.1 Å². The van der Waals surface area contributed by atoms with Gasteiger partial charge in [0.25, 0.3) is 0 Å². The predicted octanol–water partition coefficient (Wildman–Crippen LogP) is 5.24. The number of rotatable bonds is 6. The van der Waals surface area contributed by atoms with Crippen LogP contribution in [0.3, 0.4) is 0 Å². The SMILES string of the molecule is CC(C)(C)OC(=O)N1CCC(Nc2cnc3ccc(Br)c(OCc4ccccc4)c3n2)CC1C(=O)O. The van der Waals surface area contributed by atoms with Crippen LogP contribution >= 0.6 is 15.9 Å². The maximum absolute atomic E-state index is 12.6. The zero-order chi connectivity index (χ0) is 25.9. The van der Waals surface area contributed by atoms with Gasteiger partial charge in [-0.05, 0) is 67.2 Å². The molecule has 9 nitrogen and oxygen atoms in total. The molecule has 1 aliphatic heterocycles. The molecule has 1 amide bonds. The normalized spacial score (nSPS) is 18.1. The Morgan fingerprint density at radius 3 is 2.64 bits per heavy atom. The van der Waals surface area contributed by atoms with Gasteiger partial charge in [0.05, 0.1) is 16.2 Å². The number of halogens is 1. The van der Waals surface area contributed by atoms with Crippen LogP contribution in [0.25, 0.3) is 11.0 Å². The fourth-order valence-corrected chi connectivity index (χ4v) is 4.48. The molecule has 3 aromatic rings. The minimum atomic E-state index is -1.07. The van der Waals surface area contributed by atoms with Crippen molar-refractivity contribution in [3.05, 3.63) is 58.7 Å². The number of nitrogens with one attached hydrogen (secondary N) is 1. The van der Waals surface area contributed by atoms with Gasteiger partial charge < -0.3 is 19.9 Å². The summed E-state index contributed by atoms with van der Waals surface area (Å²) in [6.45, 7) is 5.89. The van der Waals surface area contributed by atoms with Crippen LogP contribution in [0.4, 0.5) is 10.6 Å². The Hall–Kier alpha value is -3.40. The molecule has 36 heavy (non-hydrogen) atoms. The van der Waals surface area contributed by atoms with E-state index in [1.807, 2.05) is 42.5 Å². The van der Waals surface area contributed by atoms with E-state index in [0.29, 0.717) is 35.6 Å². The first-order chi connectivity index (χ1) is 17.1. The van der Waals surface area contributed by atoms with Crippen LogP contribution < -0.4 is 10.1 Å². The Kier molecular flexibility index (Phi) is 7.63. The van der Waals surface area contributed by atoms with Crippen molar-refractivity contribution in [1.29, 1.82) is 0 Å². The number of anilines is 1. The molecule has 190 valence electrons. The standard InChI is InChI=1S/C26H29BrN4O5/c1-26(2,3)36-25(34)31-12-11-17(13-20(31)24(32)33)29-21-14-28-19-10-9-18(27)23(22(19)30-21)35-15-16-7-5-4-6-8-16/h4-10,14,17,20H,11-13,15H2,1-3H3,(H,29,30)(H,32,33). The third-order valence-corrected chi connectivity index (χ3v) is 6.34. The Morgan fingerprint density at radius 2 is 1.94 bits per heavy atom. The van der Waals surface area contributed by atoms with Crippen LogP contribution in [0.15, 0.2) is 53.1 Å². The summed E-state index contributed by atoms with van der Waals surface area (Å²) in [6, 6.07) is 12.3. The number of hydrogen-bond donors (Lipinski definition) is 2. The second-order valence-corrected chi connectivity index (χ2v) is 10.5. The van der Waals surface area contributed by atoms with Crippen molar-refractivity contribution >= 4 is 44.8 Å². The molecule has 2 heterocycles. The number of hydrogen-bond acceptors (Lipinski definition) is 7. The second kappa shape index (κ2) is 10.7. The lowest BCUT2D eigenvalue weighted by molar-refractivity contribution is -0.144. The predicted molar refractivity (Wildman–Crippen MR) is 139 cm³/mol. The molecule has 2 N–H and O–H groups in total. The number of carbonyl (C=O) groups excluding carboxylic acids is 1. The van der Waals surface area contributed by atoms with Crippen LogP contribution in [-0.2, 0) is 16.1 Å². The van der Waals surface area contributed by atoms with E-state index in [1.54, 1.807) is 27.0 Å². The van der Waals surface area contributed by atoms with E-state index >= 15 is 0 Å². The van der Waals surface area contributed by atoms with Crippen molar-refractivity contribution in [3.8, 4) is 5.75 Å². The van der Waals surface area contributed by atoms with Crippen LogP contribution in [0.2, 0.25) is 0 Å². The van der Waals surface area contributed by atoms with Crippen LogP contribution in [0, 0.1) is 0 Å². The first-order valence-electron chi connectivity index (χ1n) is 11.7. The van der Waals surface area contributed by atoms with Gasteiger partial charge in [0.1, 0.15) is 29.6 Å². The molecule has 4 rings (SSSR count). The number of carboxylic acids is 1. The summed E-state index contributed by atoms with van der Waals surface area (Å²) in [6.07, 6.45) is 1.75. The number of carboxylic acid groups (broad SMARTS) is 1. The van der Waals surface area contributed by atoms with Crippen LogP contribution in [0.1, 0.15) is 39.2 Å². The number of likely N-dealkylation sites (tertiary alicyclic amines) is 1. The number of amides is 1. The van der Waals surface area contributed by atoms with Crippen molar-refractivity contribution in [2.45, 2.75) is 57.9 Å². The lowest BCUT2D eigenvalue weighted by Crippen LogP contribution is -2.53. The molecule has 1 saturated heterocycles. The molecule has 0 saturated carbocycles. The number of fused-ring (bicyclic) bond motifs is 1. The summed E-state index contributed by atoms with van der Waals surface area (Å²) in [5.41, 5.74) is 1.59. The molecule has 2 atom stereocenters. The monoisotopic (exact) mass is 556 g/mol. The Balaban J connectivity index is 1.51. The minimum Gasteiger partial charge on any atom is -0.485 e. The van der Waals surface area contributed by atoms with Gasteiger partial charge in [-0.1, -0.05) is 30.3 Å². The van der Waals surface area contributed by atoms with Crippen molar-refractivity contribution in [1.82, 2.24) is 14.9 Å². The molecular weight excluding hydrogens is 528 g/mol. The first kappa shape index (κ1) is 25.7. The highest BCUT2D eigenvalue weighted by molar-refractivity contribution is 9.10. The number of nitrogens with zero attached hydrogens (tertiary/aromatic N) is 3. The van der Waals surface area contributed by atoms with E-state index < -0.39 is 23.7 Å². The van der Waals surface area contributed by atoms with Gasteiger partial charge in [0, 0.05) is 12.6 Å². The van der Waals surface area contributed by atoms with Gasteiger partial charge in [-0.25, -0.2) is 14.6 Å². The molecule has 2 aromatic carbocycles. The van der Waals surface area contributed by atoms with E-state index in [0.717, 1.165) is 10.0 Å². The van der Waals surface area contributed by atoms with Crippen molar-refractivity contribution in [2.24, 2.45) is 0 Å². The minimum absolute atomic E-state index is 0.211. The van der Waals surface area contributed by atoms with Gasteiger partial charge in [-0.3, -0.25) is 9.88 Å². The van der Waals surface area contributed by atoms with E-state index in [9.17, 15) is 14.7 Å². The molecule has 0 spiro atoms. The number of ether oxygens (including phenoxy) is 2. The van der Waals surface area contributed by atoms with E-state index in [4.69, 9.17) is 14.5 Å². The molecule has 1 fully saturated rings. The topological polar surface area (TPSA) is 114 Å². The van der Waals surface area contributed by atoms with Crippen molar-refractivity contribution in [3.63, 3.8) is 0 Å². The summed E-state index contributed by atoms with van der Waals surface area (Å²) in [5.74, 6) is 0.0122. The summed E-state index contributed by atoms with van der Waals surface area (Å²) >= 11 is 3.55. The highest BCUT2D eigenvalue weighted by Crippen LogP contribution is 2.33. The molecule has 0 aliphatic carbocycles. The maximum Gasteiger partial charge on any atom is 0.411 e. The van der Waals surface area contributed by atoms with E-state index in [2.05, 4.69) is 26.2 Å². The average molecular weight is 557 g/mol. The Bertz CT molecular complexity index is 1250. The Morgan fingerprint density at radius 1 is 1.19 bits per heavy atom. The quantitative estimate of drug-likeness (QED) is 0.423. The highest BCUT2D eigenvalue weighted by atomic mass is 79.9. The summed E-state index contributed by atoms with van der Waals surface area (Å²) in [5, 5.41) is 13.1. The largest absolute Gasteiger partial charge is 0.485 e. The molecule has 2 unspecified atom stereocenters. The van der Waals surface area contributed by atoms with Crippen molar-refractivity contribution in [2.75, 3.05) is 11.9 Å². The van der Waals surface area contributed by atoms with Gasteiger partial charge in [-0.15, -0.1) is 0 Å². The summed E-state index contributed by atoms with van der Waals surface area (Å²) in [7, 11) is 0. The van der Waals surface area contributed by atoms with Crippen molar-refractivity contribution < 1.29 is 24.2 Å². The summed E-state index contributed by atoms with van der Waals surface area (Å²) < 4.78 is 12.3. The van der Waals surface area contributed by atoms with E-state index in [-0.39, 0.29) is 19.0 Å². The molecule has 10 heteroatoms. The zero-order valence-electron chi connectivity index (χ0n) is 20.4. The number of carbonyl (C=O) groups is 2. The first-order valence-corrected chi connectivity index (χ1v) is 12.5. The molecular formula is C26H29BrN4O5. The number of benzene rings is 2. The lowest BCUT2D eigenvalue weighted by Gasteiger charge is -2.38. The fraction of sp³-hybridized carbons (Fsp3) is 0.385. The smallest absolute Gasteiger partial charge is 0.411 e. The zero-order valence-corrected chi connectivity index (χ0v) is 22.0. The molecule has 1 aliphatic rings. The maximum atomic E-state index is 12.6. The fourth-order valence-electron chi connectivity index (χ4n) is 4.04.